The minimum atomic E-state index is -0.245. The Morgan fingerprint density at radius 1 is 1.47 bits per heavy atom. The molecule has 1 aromatic rings. The maximum atomic E-state index is 9.59. The van der Waals surface area contributed by atoms with E-state index in [0.717, 1.165) is 19.4 Å². The highest BCUT2D eigenvalue weighted by Crippen LogP contribution is 2.36. The number of rotatable bonds is 4. The Bertz CT molecular complexity index is 361. The third-order valence-electron chi connectivity index (χ3n) is 3.21. The van der Waals surface area contributed by atoms with Gasteiger partial charge in [-0.1, -0.05) is 30.3 Å². The Kier molecular flexibility index (Phi) is 2.89. The van der Waals surface area contributed by atoms with Gasteiger partial charge in [0.25, 0.3) is 0 Å². The van der Waals surface area contributed by atoms with Crippen LogP contribution >= 0.6 is 0 Å². The zero-order valence-electron chi connectivity index (χ0n) is 8.87. The van der Waals surface area contributed by atoms with Gasteiger partial charge < -0.3 is 10.4 Å². The number of benzene rings is 1. The third-order valence-corrected chi connectivity index (χ3v) is 3.21. The number of aryl methyl sites for hydroxylation is 1. The second kappa shape index (κ2) is 4.17. The molecule has 0 saturated heterocycles. The molecule has 0 amide bonds. The normalized spacial score (nSPS) is 23.8. The fourth-order valence-corrected chi connectivity index (χ4v) is 2.36. The molecule has 2 nitrogen and oxygen atoms in total. The lowest BCUT2D eigenvalue weighted by molar-refractivity contribution is 0.164. The predicted molar refractivity (Wildman–Crippen MR) is 61.7 cm³/mol. The first kappa shape index (κ1) is 10.4. The molecule has 0 bridgehead atoms. The van der Waals surface area contributed by atoms with Crippen molar-refractivity contribution in [2.24, 2.45) is 0 Å². The Hall–Kier alpha value is -1.12. The van der Waals surface area contributed by atoms with Crippen LogP contribution in [-0.4, -0.2) is 18.3 Å². The van der Waals surface area contributed by atoms with Crippen molar-refractivity contribution in [1.82, 2.24) is 5.32 Å². The van der Waals surface area contributed by atoms with Crippen molar-refractivity contribution in [2.75, 3.05) is 13.2 Å². The van der Waals surface area contributed by atoms with Crippen LogP contribution in [0, 0.1) is 0 Å². The summed E-state index contributed by atoms with van der Waals surface area (Å²) in [6.07, 6.45) is 3.84. The van der Waals surface area contributed by atoms with Gasteiger partial charge in [-0.15, -0.1) is 6.58 Å². The molecule has 1 atom stereocenters. The first-order valence-electron chi connectivity index (χ1n) is 5.37. The maximum Gasteiger partial charge on any atom is 0.0677 e. The number of hydrogen-bond donors (Lipinski definition) is 2. The fraction of sp³-hybridized carbons (Fsp3) is 0.385. The first-order chi connectivity index (χ1) is 7.32. The summed E-state index contributed by atoms with van der Waals surface area (Å²) in [6.45, 7) is 4.58. The van der Waals surface area contributed by atoms with Gasteiger partial charge in [0.05, 0.1) is 12.1 Å². The van der Waals surface area contributed by atoms with Gasteiger partial charge in [-0.25, -0.2) is 0 Å². The molecule has 2 heteroatoms. The summed E-state index contributed by atoms with van der Waals surface area (Å²) in [5, 5.41) is 13.0. The Balaban J connectivity index is 2.32. The molecule has 0 aliphatic heterocycles. The highest BCUT2D eigenvalue weighted by Gasteiger charge is 2.36. The van der Waals surface area contributed by atoms with E-state index in [9.17, 15) is 5.11 Å². The molecule has 0 aromatic heterocycles. The number of aliphatic hydroxyl groups is 1. The van der Waals surface area contributed by atoms with E-state index < -0.39 is 0 Å². The van der Waals surface area contributed by atoms with E-state index in [1.807, 2.05) is 12.1 Å². The average molecular weight is 203 g/mol. The molecular weight excluding hydrogens is 186 g/mol. The van der Waals surface area contributed by atoms with Gasteiger partial charge in [-0.2, -0.15) is 0 Å². The first-order valence-corrected chi connectivity index (χ1v) is 5.37. The molecule has 15 heavy (non-hydrogen) atoms. The SMILES string of the molecule is C=CCNC1(CO)CCc2ccccc21. The Labute approximate surface area is 90.6 Å². The number of hydrogen-bond acceptors (Lipinski definition) is 2. The lowest BCUT2D eigenvalue weighted by atomic mass is 9.92. The smallest absolute Gasteiger partial charge is 0.0677 e. The van der Waals surface area contributed by atoms with Crippen LogP contribution in [0.2, 0.25) is 0 Å². The van der Waals surface area contributed by atoms with E-state index >= 15 is 0 Å². The van der Waals surface area contributed by atoms with Gasteiger partial charge in [0, 0.05) is 6.54 Å². The summed E-state index contributed by atoms with van der Waals surface area (Å²) in [5.74, 6) is 0. The van der Waals surface area contributed by atoms with Crippen LogP contribution in [0.4, 0.5) is 0 Å². The largest absolute Gasteiger partial charge is 0.394 e. The van der Waals surface area contributed by atoms with E-state index in [1.165, 1.54) is 11.1 Å². The van der Waals surface area contributed by atoms with Gasteiger partial charge >= 0.3 is 0 Å². The molecule has 2 N–H and O–H groups in total. The second-order valence-corrected chi connectivity index (χ2v) is 4.07. The standard InChI is InChI=1S/C13H17NO/c1-2-9-14-13(10-15)8-7-11-5-3-4-6-12(11)13/h2-6,14-15H,1,7-10H2. The van der Waals surface area contributed by atoms with E-state index in [-0.39, 0.29) is 12.1 Å². The van der Waals surface area contributed by atoms with E-state index in [0.29, 0.717) is 0 Å². The van der Waals surface area contributed by atoms with E-state index in [1.54, 1.807) is 0 Å². The van der Waals surface area contributed by atoms with Gasteiger partial charge in [0.15, 0.2) is 0 Å². The Morgan fingerprint density at radius 3 is 3.00 bits per heavy atom. The van der Waals surface area contributed by atoms with Crippen molar-refractivity contribution >= 4 is 0 Å². The number of nitrogens with one attached hydrogen (secondary N) is 1. The summed E-state index contributed by atoms with van der Waals surface area (Å²) in [6, 6.07) is 8.33. The molecular formula is C13H17NO. The molecule has 0 saturated carbocycles. The average Bonchev–Trinajstić information content (AvgIpc) is 2.66. The molecule has 2 rings (SSSR count). The molecule has 80 valence electrons. The van der Waals surface area contributed by atoms with E-state index in [4.69, 9.17) is 0 Å². The minimum Gasteiger partial charge on any atom is -0.394 e. The molecule has 1 aromatic carbocycles. The van der Waals surface area contributed by atoms with Crippen LogP contribution in [-0.2, 0) is 12.0 Å². The summed E-state index contributed by atoms with van der Waals surface area (Å²) < 4.78 is 0. The summed E-state index contributed by atoms with van der Waals surface area (Å²) in [5.41, 5.74) is 2.35. The highest BCUT2D eigenvalue weighted by atomic mass is 16.3. The van der Waals surface area contributed by atoms with Crippen LogP contribution in [0.15, 0.2) is 36.9 Å². The van der Waals surface area contributed by atoms with Crippen LogP contribution < -0.4 is 5.32 Å². The van der Waals surface area contributed by atoms with Crippen LogP contribution in [0.1, 0.15) is 17.5 Å². The van der Waals surface area contributed by atoms with E-state index in [2.05, 4.69) is 30.1 Å². The van der Waals surface area contributed by atoms with Crippen molar-refractivity contribution in [1.29, 1.82) is 0 Å². The molecule has 1 unspecified atom stereocenters. The number of fused-ring (bicyclic) bond motifs is 1. The van der Waals surface area contributed by atoms with Crippen molar-refractivity contribution in [3.05, 3.63) is 48.0 Å². The minimum absolute atomic E-state index is 0.151. The molecule has 0 fully saturated rings. The van der Waals surface area contributed by atoms with Crippen LogP contribution in [0.5, 0.6) is 0 Å². The molecule has 1 aliphatic rings. The molecule has 0 spiro atoms. The van der Waals surface area contributed by atoms with Crippen molar-refractivity contribution < 1.29 is 5.11 Å². The second-order valence-electron chi connectivity index (χ2n) is 4.07. The molecule has 0 radical (unpaired) electrons. The summed E-state index contributed by atoms with van der Waals surface area (Å²) in [4.78, 5) is 0. The maximum absolute atomic E-state index is 9.59. The quantitative estimate of drug-likeness (QED) is 0.728. The van der Waals surface area contributed by atoms with Crippen molar-refractivity contribution in [3.8, 4) is 0 Å². The third kappa shape index (κ3) is 1.71. The zero-order chi connectivity index (χ0) is 10.7. The predicted octanol–water partition coefficient (Wildman–Crippen LogP) is 1.60. The monoisotopic (exact) mass is 203 g/mol. The molecule has 1 aliphatic carbocycles. The van der Waals surface area contributed by atoms with Crippen LogP contribution in [0.3, 0.4) is 0 Å². The highest BCUT2D eigenvalue weighted by molar-refractivity contribution is 5.38. The lowest BCUT2D eigenvalue weighted by Crippen LogP contribution is -2.43. The topological polar surface area (TPSA) is 32.3 Å². The van der Waals surface area contributed by atoms with Crippen molar-refractivity contribution in [3.63, 3.8) is 0 Å². The van der Waals surface area contributed by atoms with Gasteiger partial charge in [0.1, 0.15) is 0 Å². The van der Waals surface area contributed by atoms with Crippen LogP contribution in [0.25, 0.3) is 0 Å². The Morgan fingerprint density at radius 2 is 2.27 bits per heavy atom. The summed E-state index contributed by atoms with van der Waals surface area (Å²) in [7, 11) is 0. The summed E-state index contributed by atoms with van der Waals surface area (Å²) >= 11 is 0. The van der Waals surface area contributed by atoms with Crippen molar-refractivity contribution in [2.45, 2.75) is 18.4 Å². The zero-order valence-corrected chi connectivity index (χ0v) is 8.87. The fourth-order valence-electron chi connectivity index (χ4n) is 2.36. The lowest BCUT2D eigenvalue weighted by Gasteiger charge is -2.29. The van der Waals surface area contributed by atoms with Gasteiger partial charge in [-0.3, -0.25) is 0 Å². The number of aliphatic hydroxyl groups excluding tert-OH is 1. The van der Waals surface area contributed by atoms with Gasteiger partial charge in [-0.05, 0) is 24.0 Å². The molecule has 0 heterocycles. The van der Waals surface area contributed by atoms with Gasteiger partial charge in [0.2, 0.25) is 0 Å².